The summed E-state index contributed by atoms with van der Waals surface area (Å²) in [5, 5.41) is 3.26. The number of hydrogen-bond acceptors (Lipinski definition) is 3. The quantitative estimate of drug-likeness (QED) is 0.675. The minimum absolute atomic E-state index is 0.151. The van der Waals surface area contributed by atoms with Gasteiger partial charge in [-0.15, -0.1) is 0 Å². The average Bonchev–Trinajstić information content (AvgIpc) is 2.15. The Kier molecular flexibility index (Phi) is 4.90. The number of nitrogens with two attached hydrogens (primary N) is 1. The maximum Gasteiger partial charge on any atom is 0.218 e. The number of carbonyl (C=O) groups excluding carboxylic acids is 1. The molecule has 1 aliphatic heterocycles. The molecule has 0 radical (unpaired) electrons. The molecule has 0 aromatic carbocycles. The van der Waals surface area contributed by atoms with Crippen molar-refractivity contribution in [1.29, 1.82) is 0 Å². The summed E-state index contributed by atoms with van der Waals surface area (Å²) in [6.07, 6.45) is 4.26. The molecule has 14 heavy (non-hydrogen) atoms. The van der Waals surface area contributed by atoms with E-state index in [2.05, 4.69) is 5.32 Å². The highest BCUT2D eigenvalue weighted by Gasteiger charge is 2.14. The zero-order chi connectivity index (χ0) is 10.4. The molecule has 2 unspecified atom stereocenters. The SMILES string of the molecule is CC(CC(N)=O)NCC1CCCCO1. The summed E-state index contributed by atoms with van der Waals surface area (Å²) >= 11 is 0. The van der Waals surface area contributed by atoms with E-state index in [-0.39, 0.29) is 11.9 Å². The van der Waals surface area contributed by atoms with Crippen LogP contribution in [-0.2, 0) is 9.53 Å². The predicted octanol–water partition coefficient (Wildman–Crippen LogP) is 0.409. The van der Waals surface area contributed by atoms with Crippen LogP contribution >= 0.6 is 0 Å². The lowest BCUT2D eigenvalue weighted by atomic mass is 10.1. The van der Waals surface area contributed by atoms with E-state index in [9.17, 15) is 4.79 Å². The molecule has 0 aliphatic carbocycles. The van der Waals surface area contributed by atoms with Gasteiger partial charge in [-0.3, -0.25) is 4.79 Å². The van der Waals surface area contributed by atoms with Crippen molar-refractivity contribution in [3.63, 3.8) is 0 Å². The molecule has 0 bridgehead atoms. The maximum absolute atomic E-state index is 10.6. The van der Waals surface area contributed by atoms with Gasteiger partial charge in [0.1, 0.15) is 0 Å². The smallest absolute Gasteiger partial charge is 0.218 e. The van der Waals surface area contributed by atoms with Gasteiger partial charge in [0.2, 0.25) is 5.91 Å². The van der Waals surface area contributed by atoms with Crippen molar-refractivity contribution in [2.24, 2.45) is 5.73 Å². The fraction of sp³-hybridized carbons (Fsp3) is 0.900. The van der Waals surface area contributed by atoms with E-state index in [1.807, 2.05) is 6.92 Å². The summed E-state index contributed by atoms with van der Waals surface area (Å²) in [5.74, 6) is -0.255. The summed E-state index contributed by atoms with van der Waals surface area (Å²) in [5.41, 5.74) is 5.09. The first kappa shape index (κ1) is 11.5. The van der Waals surface area contributed by atoms with Crippen molar-refractivity contribution in [2.75, 3.05) is 13.2 Å². The number of nitrogens with one attached hydrogen (secondary N) is 1. The summed E-state index contributed by atoms with van der Waals surface area (Å²) in [6, 6.07) is 0.151. The lowest BCUT2D eigenvalue weighted by Gasteiger charge is -2.24. The van der Waals surface area contributed by atoms with Crippen LogP contribution in [0.5, 0.6) is 0 Å². The molecule has 4 nitrogen and oxygen atoms in total. The second-order valence-electron chi connectivity index (χ2n) is 3.97. The highest BCUT2D eigenvalue weighted by molar-refractivity contribution is 5.74. The molecule has 0 aromatic rings. The van der Waals surface area contributed by atoms with E-state index in [1.54, 1.807) is 0 Å². The van der Waals surface area contributed by atoms with Crippen molar-refractivity contribution < 1.29 is 9.53 Å². The monoisotopic (exact) mass is 200 g/mol. The molecule has 0 spiro atoms. The zero-order valence-electron chi connectivity index (χ0n) is 8.79. The van der Waals surface area contributed by atoms with Gasteiger partial charge in [0.05, 0.1) is 6.10 Å². The lowest BCUT2D eigenvalue weighted by molar-refractivity contribution is -0.118. The van der Waals surface area contributed by atoms with Crippen molar-refractivity contribution in [1.82, 2.24) is 5.32 Å². The Morgan fingerprint density at radius 3 is 3.00 bits per heavy atom. The molecule has 1 rings (SSSR count). The second kappa shape index (κ2) is 5.98. The molecule has 0 aromatic heterocycles. The van der Waals surface area contributed by atoms with Gasteiger partial charge in [-0.1, -0.05) is 0 Å². The summed E-state index contributed by atoms with van der Waals surface area (Å²) in [6.45, 7) is 3.67. The number of carbonyl (C=O) groups is 1. The van der Waals surface area contributed by atoms with Crippen molar-refractivity contribution in [3.05, 3.63) is 0 Å². The molecule has 82 valence electrons. The van der Waals surface area contributed by atoms with E-state index < -0.39 is 0 Å². The van der Waals surface area contributed by atoms with Gasteiger partial charge in [0.15, 0.2) is 0 Å². The molecule has 3 N–H and O–H groups in total. The summed E-state index contributed by atoms with van der Waals surface area (Å²) < 4.78 is 5.55. The molecule has 4 heteroatoms. The van der Waals surface area contributed by atoms with Crippen LogP contribution in [0, 0.1) is 0 Å². The van der Waals surface area contributed by atoms with Gasteiger partial charge in [-0.25, -0.2) is 0 Å². The third-order valence-corrected chi connectivity index (χ3v) is 2.48. The van der Waals surface area contributed by atoms with Gasteiger partial charge in [-0.05, 0) is 26.2 Å². The first-order valence-electron chi connectivity index (χ1n) is 5.32. The van der Waals surface area contributed by atoms with Crippen molar-refractivity contribution in [3.8, 4) is 0 Å². The normalized spacial score (nSPS) is 24.5. The zero-order valence-corrected chi connectivity index (χ0v) is 8.79. The second-order valence-corrected chi connectivity index (χ2v) is 3.97. The molecule has 1 fully saturated rings. The minimum atomic E-state index is -0.255. The Balaban J connectivity index is 2.09. The average molecular weight is 200 g/mol. The van der Waals surface area contributed by atoms with Crippen LogP contribution in [-0.4, -0.2) is 31.2 Å². The highest BCUT2D eigenvalue weighted by Crippen LogP contribution is 2.11. The third kappa shape index (κ3) is 4.58. The topological polar surface area (TPSA) is 64.4 Å². The molecule has 0 saturated carbocycles. The van der Waals surface area contributed by atoms with Crippen LogP contribution in [0.25, 0.3) is 0 Å². The standard InChI is InChI=1S/C10H20N2O2/c1-8(6-10(11)13)12-7-9-4-2-3-5-14-9/h8-9,12H,2-7H2,1H3,(H2,11,13). The highest BCUT2D eigenvalue weighted by atomic mass is 16.5. The maximum atomic E-state index is 10.6. The van der Waals surface area contributed by atoms with Crippen LogP contribution in [0.1, 0.15) is 32.6 Å². The fourth-order valence-electron chi connectivity index (χ4n) is 1.67. The summed E-state index contributed by atoms with van der Waals surface area (Å²) in [4.78, 5) is 10.6. The van der Waals surface area contributed by atoms with Crippen LogP contribution in [0.15, 0.2) is 0 Å². The van der Waals surface area contributed by atoms with Crippen molar-refractivity contribution >= 4 is 5.91 Å². The molecule has 1 amide bonds. The van der Waals surface area contributed by atoms with Crippen LogP contribution < -0.4 is 11.1 Å². The molecule has 1 aliphatic rings. The molecule has 1 heterocycles. The Bertz CT molecular complexity index is 179. The minimum Gasteiger partial charge on any atom is -0.377 e. The third-order valence-electron chi connectivity index (χ3n) is 2.48. The molecular weight excluding hydrogens is 180 g/mol. The number of rotatable bonds is 5. The van der Waals surface area contributed by atoms with E-state index in [0.717, 1.165) is 19.6 Å². The van der Waals surface area contributed by atoms with Gasteiger partial charge in [-0.2, -0.15) is 0 Å². The predicted molar refractivity (Wildman–Crippen MR) is 54.9 cm³/mol. The molecule has 2 atom stereocenters. The van der Waals surface area contributed by atoms with Gasteiger partial charge >= 0.3 is 0 Å². The van der Waals surface area contributed by atoms with Gasteiger partial charge < -0.3 is 15.8 Å². The molecule has 1 saturated heterocycles. The van der Waals surface area contributed by atoms with Crippen LogP contribution in [0.4, 0.5) is 0 Å². The van der Waals surface area contributed by atoms with E-state index in [4.69, 9.17) is 10.5 Å². The van der Waals surface area contributed by atoms with E-state index in [1.165, 1.54) is 12.8 Å². The Morgan fingerprint density at radius 2 is 2.43 bits per heavy atom. The number of amides is 1. The van der Waals surface area contributed by atoms with Gasteiger partial charge in [0.25, 0.3) is 0 Å². The Labute approximate surface area is 85.2 Å². The van der Waals surface area contributed by atoms with Crippen molar-refractivity contribution in [2.45, 2.75) is 44.8 Å². The van der Waals surface area contributed by atoms with Crippen LogP contribution in [0.3, 0.4) is 0 Å². The lowest BCUT2D eigenvalue weighted by Crippen LogP contribution is -2.38. The first-order chi connectivity index (χ1) is 6.68. The summed E-state index contributed by atoms with van der Waals surface area (Å²) in [7, 11) is 0. The number of primary amides is 1. The molecular formula is C10H20N2O2. The fourth-order valence-corrected chi connectivity index (χ4v) is 1.67. The largest absolute Gasteiger partial charge is 0.377 e. The number of hydrogen-bond donors (Lipinski definition) is 2. The first-order valence-corrected chi connectivity index (χ1v) is 5.32. The van der Waals surface area contributed by atoms with Crippen LogP contribution in [0.2, 0.25) is 0 Å². The van der Waals surface area contributed by atoms with Gasteiger partial charge in [0, 0.05) is 25.6 Å². The van der Waals surface area contributed by atoms with E-state index in [0.29, 0.717) is 12.5 Å². The Hall–Kier alpha value is -0.610. The number of ether oxygens (including phenoxy) is 1. The Morgan fingerprint density at radius 1 is 1.64 bits per heavy atom. The van der Waals surface area contributed by atoms with E-state index >= 15 is 0 Å².